The second-order valence-corrected chi connectivity index (χ2v) is 6.12. The number of ether oxygens (including phenoxy) is 2. The van der Waals surface area contributed by atoms with Gasteiger partial charge in [-0.3, -0.25) is 4.79 Å². The number of urea groups is 1. The van der Waals surface area contributed by atoms with E-state index in [-0.39, 0.29) is 12.6 Å². The lowest BCUT2D eigenvalue weighted by Gasteiger charge is -2.30. The summed E-state index contributed by atoms with van der Waals surface area (Å²) in [5, 5.41) is 11.9. The molecular formula is C18H26N2O5. The van der Waals surface area contributed by atoms with Gasteiger partial charge in [-0.15, -0.1) is 0 Å². The first kappa shape index (κ1) is 18.9. The number of rotatable bonds is 7. The van der Waals surface area contributed by atoms with Crippen LogP contribution in [0.15, 0.2) is 18.2 Å². The van der Waals surface area contributed by atoms with Crippen LogP contribution in [0.1, 0.15) is 31.7 Å². The van der Waals surface area contributed by atoms with Crippen LogP contribution in [0.4, 0.5) is 4.79 Å². The summed E-state index contributed by atoms with van der Waals surface area (Å²) in [5.74, 6) is -0.0108. The summed E-state index contributed by atoms with van der Waals surface area (Å²) in [6, 6.07) is 5.30. The molecule has 0 aliphatic carbocycles. The Hall–Kier alpha value is -2.44. The summed E-state index contributed by atoms with van der Waals surface area (Å²) in [6.07, 6.45) is 2.24. The Bertz CT molecular complexity index is 605. The van der Waals surface area contributed by atoms with Crippen molar-refractivity contribution in [2.75, 3.05) is 26.8 Å². The number of nitrogens with one attached hydrogen (secondary N) is 1. The van der Waals surface area contributed by atoms with Crippen molar-refractivity contribution in [1.29, 1.82) is 0 Å². The number of amides is 2. The average molecular weight is 350 g/mol. The van der Waals surface area contributed by atoms with Crippen molar-refractivity contribution in [3.05, 3.63) is 23.8 Å². The molecule has 1 unspecified atom stereocenters. The number of carbonyl (C=O) groups excluding carboxylic acids is 1. The predicted octanol–water partition coefficient (Wildman–Crippen LogP) is 2.49. The number of carboxylic acid groups (broad SMARTS) is 1. The number of methoxy groups -OCH3 is 1. The standard InChI is InChI=1S/C18H26N2O5/c1-3-9-25-15-7-6-13(10-16(15)24-2)11-19-18(23)20-8-4-5-14(12-20)17(21)22/h6-7,10,14H,3-5,8-9,11-12H2,1-2H3,(H,19,23)(H,21,22). The Morgan fingerprint density at radius 3 is 2.84 bits per heavy atom. The van der Waals surface area contributed by atoms with Gasteiger partial charge < -0.3 is 24.8 Å². The third-order valence-electron chi connectivity index (χ3n) is 4.19. The number of hydrogen-bond acceptors (Lipinski definition) is 4. The lowest BCUT2D eigenvalue weighted by molar-refractivity contribution is -0.143. The van der Waals surface area contributed by atoms with Crippen molar-refractivity contribution >= 4 is 12.0 Å². The number of benzene rings is 1. The van der Waals surface area contributed by atoms with Crippen LogP contribution >= 0.6 is 0 Å². The van der Waals surface area contributed by atoms with E-state index in [0.29, 0.717) is 44.0 Å². The van der Waals surface area contributed by atoms with Crippen molar-refractivity contribution in [3.8, 4) is 11.5 Å². The van der Waals surface area contributed by atoms with Crippen molar-refractivity contribution in [2.24, 2.45) is 5.92 Å². The van der Waals surface area contributed by atoms with E-state index in [1.54, 1.807) is 12.0 Å². The van der Waals surface area contributed by atoms with E-state index in [4.69, 9.17) is 14.6 Å². The molecule has 1 fully saturated rings. The maximum atomic E-state index is 12.3. The highest BCUT2D eigenvalue weighted by atomic mass is 16.5. The molecule has 1 saturated heterocycles. The van der Waals surface area contributed by atoms with E-state index in [9.17, 15) is 9.59 Å². The molecule has 1 aromatic rings. The van der Waals surface area contributed by atoms with Crippen molar-refractivity contribution in [1.82, 2.24) is 10.2 Å². The van der Waals surface area contributed by atoms with Crippen LogP contribution in [-0.4, -0.2) is 48.8 Å². The fourth-order valence-electron chi connectivity index (χ4n) is 2.81. The van der Waals surface area contributed by atoms with Gasteiger partial charge >= 0.3 is 12.0 Å². The smallest absolute Gasteiger partial charge is 0.317 e. The van der Waals surface area contributed by atoms with E-state index in [2.05, 4.69) is 5.32 Å². The number of aliphatic carboxylic acids is 1. The Kier molecular flexibility index (Phi) is 6.91. The topological polar surface area (TPSA) is 88.1 Å². The van der Waals surface area contributed by atoms with Crippen molar-refractivity contribution in [3.63, 3.8) is 0 Å². The summed E-state index contributed by atoms with van der Waals surface area (Å²) in [4.78, 5) is 24.9. The third-order valence-corrected chi connectivity index (χ3v) is 4.19. The van der Waals surface area contributed by atoms with Crippen LogP contribution in [0, 0.1) is 5.92 Å². The largest absolute Gasteiger partial charge is 0.493 e. The quantitative estimate of drug-likeness (QED) is 0.789. The van der Waals surface area contributed by atoms with E-state index >= 15 is 0 Å². The van der Waals surface area contributed by atoms with Gasteiger partial charge in [0.1, 0.15) is 0 Å². The number of likely N-dealkylation sites (tertiary alicyclic amines) is 1. The maximum absolute atomic E-state index is 12.3. The Morgan fingerprint density at radius 1 is 1.36 bits per heavy atom. The summed E-state index contributed by atoms with van der Waals surface area (Å²) in [6.45, 7) is 3.84. The summed E-state index contributed by atoms with van der Waals surface area (Å²) < 4.78 is 10.9. The molecule has 25 heavy (non-hydrogen) atoms. The molecule has 138 valence electrons. The highest BCUT2D eigenvalue weighted by molar-refractivity contribution is 5.76. The number of piperidine rings is 1. The molecule has 7 nitrogen and oxygen atoms in total. The minimum Gasteiger partial charge on any atom is -0.493 e. The normalized spacial score (nSPS) is 17.0. The number of carboxylic acids is 1. The molecule has 2 amide bonds. The SMILES string of the molecule is CCCOc1ccc(CNC(=O)N2CCCC(C(=O)O)C2)cc1OC. The Morgan fingerprint density at radius 2 is 2.16 bits per heavy atom. The van der Waals surface area contributed by atoms with Gasteiger partial charge in [-0.2, -0.15) is 0 Å². The lowest BCUT2D eigenvalue weighted by atomic mass is 9.99. The predicted molar refractivity (Wildman–Crippen MR) is 92.9 cm³/mol. The van der Waals surface area contributed by atoms with Crippen LogP contribution in [0.25, 0.3) is 0 Å². The van der Waals surface area contributed by atoms with E-state index < -0.39 is 11.9 Å². The van der Waals surface area contributed by atoms with Gasteiger partial charge in [0.15, 0.2) is 11.5 Å². The van der Waals surface area contributed by atoms with Crippen LogP contribution in [0.2, 0.25) is 0 Å². The first-order valence-electron chi connectivity index (χ1n) is 8.60. The molecule has 0 bridgehead atoms. The summed E-state index contributed by atoms with van der Waals surface area (Å²) >= 11 is 0. The van der Waals surface area contributed by atoms with Crippen molar-refractivity contribution in [2.45, 2.75) is 32.7 Å². The lowest BCUT2D eigenvalue weighted by Crippen LogP contribution is -2.46. The Balaban J connectivity index is 1.91. The second kappa shape index (κ2) is 9.15. The van der Waals surface area contributed by atoms with Gasteiger partial charge in [0, 0.05) is 19.6 Å². The zero-order chi connectivity index (χ0) is 18.2. The zero-order valence-electron chi connectivity index (χ0n) is 14.8. The highest BCUT2D eigenvalue weighted by Gasteiger charge is 2.27. The van der Waals surface area contributed by atoms with Gasteiger partial charge in [-0.05, 0) is 37.0 Å². The number of nitrogens with zero attached hydrogens (tertiary/aromatic N) is 1. The molecule has 1 heterocycles. The number of hydrogen-bond donors (Lipinski definition) is 2. The molecule has 0 radical (unpaired) electrons. The fraction of sp³-hybridized carbons (Fsp3) is 0.556. The molecule has 0 saturated carbocycles. The molecule has 1 aliphatic heterocycles. The molecule has 7 heteroatoms. The van der Waals surface area contributed by atoms with Crippen LogP contribution in [0.5, 0.6) is 11.5 Å². The highest BCUT2D eigenvalue weighted by Crippen LogP contribution is 2.28. The molecule has 2 N–H and O–H groups in total. The molecule has 2 rings (SSSR count). The average Bonchev–Trinajstić information content (AvgIpc) is 2.64. The first-order chi connectivity index (χ1) is 12.0. The monoisotopic (exact) mass is 350 g/mol. The maximum Gasteiger partial charge on any atom is 0.317 e. The minimum absolute atomic E-state index is 0.240. The fourth-order valence-corrected chi connectivity index (χ4v) is 2.81. The van der Waals surface area contributed by atoms with Gasteiger partial charge in [-0.25, -0.2) is 4.79 Å². The van der Waals surface area contributed by atoms with Gasteiger partial charge in [0.2, 0.25) is 0 Å². The molecule has 1 atom stereocenters. The summed E-state index contributed by atoms with van der Waals surface area (Å²) in [5.41, 5.74) is 0.890. The zero-order valence-corrected chi connectivity index (χ0v) is 14.8. The third kappa shape index (κ3) is 5.27. The minimum atomic E-state index is -0.843. The van der Waals surface area contributed by atoms with Crippen molar-refractivity contribution < 1.29 is 24.2 Å². The first-order valence-corrected chi connectivity index (χ1v) is 8.60. The van der Waals surface area contributed by atoms with Crippen LogP contribution in [0.3, 0.4) is 0 Å². The molecule has 1 aromatic carbocycles. The van der Waals surface area contributed by atoms with Crippen LogP contribution in [-0.2, 0) is 11.3 Å². The van der Waals surface area contributed by atoms with Crippen LogP contribution < -0.4 is 14.8 Å². The van der Waals surface area contributed by atoms with Gasteiger partial charge in [0.25, 0.3) is 0 Å². The summed E-state index contributed by atoms with van der Waals surface area (Å²) in [7, 11) is 1.58. The number of carbonyl (C=O) groups is 2. The van der Waals surface area contributed by atoms with Gasteiger partial charge in [-0.1, -0.05) is 13.0 Å². The Labute approximate surface area is 147 Å². The van der Waals surface area contributed by atoms with E-state index in [0.717, 1.165) is 12.0 Å². The molecule has 0 aromatic heterocycles. The molecular weight excluding hydrogens is 324 g/mol. The second-order valence-electron chi connectivity index (χ2n) is 6.12. The molecule has 0 spiro atoms. The molecule has 1 aliphatic rings. The van der Waals surface area contributed by atoms with E-state index in [1.807, 2.05) is 25.1 Å². The van der Waals surface area contributed by atoms with E-state index in [1.165, 1.54) is 0 Å². The van der Waals surface area contributed by atoms with Gasteiger partial charge in [0.05, 0.1) is 19.6 Å².